The van der Waals surface area contributed by atoms with Crippen LogP contribution in [-0.4, -0.2) is 18.2 Å². The Labute approximate surface area is 117 Å². The molecule has 0 aliphatic rings. The van der Waals surface area contributed by atoms with Crippen LogP contribution in [0.3, 0.4) is 0 Å². The lowest BCUT2D eigenvalue weighted by atomic mass is 10.1. The van der Waals surface area contributed by atoms with Crippen LogP contribution in [0.4, 0.5) is 4.39 Å². The first-order valence-electron chi connectivity index (χ1n) is 6.22. The molecular weight excluding hydrogens is 263 g/mol. The molecular formula is C15H17FO4. The van der Waals surface area contributed by atoms with E-state index in [-0.39, 0.29) is 5.82 Å². The summed E-state index contributed by atoms with van der Waals surface area (Å²) in [4.78, 5) is 22.1. The van der Waals surface area contributed by atoms with Crippen LogP contribution in [0.25, 0.3) is 6.08 Å². The van der Waals surface area contributed by atoms with Crippen molar-refractivity contribution in [3.63, 3.8) is 0 Å². The van der Waals surface area contributed by atoms with Gasteiger partial charge in [0, 0.05) is 19.4 Å². The molecule has 0 aromatic heterocycles. The van der Waals surface area contributed by atoms with E-state index in [1.807, 2.05) is 6.92 Å². The summed E-state index contributed by atoms with van der Waals surface area (Å²) in [7, 11) is 0. The smallest absolute Gasteiger partial charge is 0.305 e. The Morgan fingerprint density at radius 3 is 2.30 bits per heavy atom. The van der Waals surface area contributed by atoms with E-state index in [9.17, 15) is 14.0 Å². The molecule has 0 fully saturated rings. The van der Waals surface area contributed by atoms with Crippen molar-refractivity contribution in [1.82, 2.24) is 0 Å². The van der Waals surface area contributed by atoms with E-state index in [1.54, 1.807) is 18.2 Å². The molecule has 0 N–H and O–H groups in total. The van der Waals surface area contributed by atoms with Gasteiger partial charge in [-0.2, -0.15) is 0 Å². The number of carbonyl (C=O) groups is 2. The topological polar surface area (TPSA) is 52.6 Å². The van der Waals surface area contributed by atoms with Gasteiger partial charge in [0.2, 0.25) is 0 Å². The maximum absolute atomic E-state index is 13.1. The Hall–Kier alpha value is -2.17. The number of carbonyl (C=O) groups excluding carboxylic acids is 2. The van der Waals surface area contributed by atoms with Gasteiger partial charge in [0.25, 0.3) is 6.29 Å². The minimum Gasteiger partial charge on any atom is -0.421 e. The zero-order valence-corrected chi connectivity index (χ0v) is 11.7. The fourth-order valence-electron chi connectivity index (χ4n) is 1.62. The molecule has 0 atom stereocenters. The second-order valence-corrected chi connectivity index (χ2v) is 4.18. The molecule has 0 aliphatic carbocycles. The van der Waals surface area contributed by atoms with Crippen molar-refractivity contribution in [1.29, 1.82) is 0 Å². The largest absolute Gasteiger partial charge is 0.421 e. The molecule has 0 bridgehead atoms. The molecule has 108 valence electrons. The average Bonchev–Trinajstić information content (AvgIpc) is 2.34. The number of halogens is 1. The summed E-state index contributed by atoms with van der Waals surface area (Å²) in [5.74, 6) is -1.49. The predicted octanol–water partition coefficient (Wildman–Crippen LogP) is 3.07. The van der Waals surface area contributed by atoms with Gasteiger partial charge in [-0.1, -0.05) is 19.1 Å². The van der Waals surface area contributed by atoms with Crippen LogP contribution in [-0.2, 0) is 19.1 Å². The molecule has 0 unspecified atom stereocenters. The van der Waals surface area contributed by atoms with E-state index >= 15 is 0 Å². The molecule has 1 aromatic rings. The van der Waals surface area contributed by atoms with E-state index in [0.29, 0.717) is 17.6 Å². The minimum absolute atomic E-state index is 0.370. The van der Waals surface area contributed by atoms with Crippen molar-refractivity contribution < 1.29 is 23.5 Å². The molecule has 0 saturated heterocycles. The molecule has 5 heteroatoms. The lowest BCUT2D eigenvalue weighted by Gasteiger charge is -2.19. The third-order valence-electron chi connectivity index (χ3n) is 2.46. The summed E-state index contributed by atoms with van der Waals surface area (Å²) < 4.78 is 23.1. The quantitative estimate of drug-likeness (QED) is 0.614. The van der Waals surface area contributed by atoms with Crippen molar-refractivity contribution in [3.8, 4) is 0 Å². The van der Waals surface area contributed by atoms with Crippen molar-refractivity contribution >= 4 is 18.0 Å². The zero-order chi connectivity index (χ0) is 15.1. The molecule has 0 spiro atoms. The first kappa shape index (κ1) is 15.9. The standard InChI is InChI=1S/C15H17FO4/c1-4-13(8-12-6-5-7-14(16)9-12)15(19-10(2)17)20-11(3)18/h5-9,15H,4H2,1-3H3/b13-8+. The lowest BCUT2D eigenvalue weighted by Crippen LogP contribution is -2.24. The third-order valence-corrected chi connectivity index (χ3v) is 2.46. The van der Waals surface area contributed by atoms with Gasteiger partial charge in [0.1, 0.15) is 5.82 Å². The van der Waals surface area contributed by atoms with E-state index in [2.05, 4.69) is 0 Å². The van der Waals surface area contributed by atoms with E-state index < -0.39 is 18.2 Å². The van der Waals surface area contributed by atoms with Crippen LogP contribution in [0.5, 0.6) is 0 Å². The van der Waals surface area contributed by atoms with Gasteiger partial charge in [-0.05, 0) is 30.2 Å². The molecule has 1 rings (SSSR count). The Morgan fingerprint density at radius 1 is 1.25 bits per heavy atom. The van der Waals surface area contributed by atoms with E-state index in [0.717, 1.165) is 0 Å². The van der Waals surface area contributed by atoms with Crippen LogP contribution >= 0.6 is 0 Å². The normalized spacial score (nSPS) is 11.3. The van der Waals surface area contributed by atoms with Crippen LogP contribution in [0, 0.1) is 5.82 Å². The molecule has 0 amide bonds. The summed E-state index contributed by atoms with van der Waals surface area (Å²) in [5.41, 5.74) is 1.17. The highest BCUT2D eigenvalue weighted by atomic mass is 19.1. The molecule has 20 heavy (non-hydrogen) atoms. The molecule has 4 nitrogen and oxygen atoms in total. The second kappa shape index (κ2) is 7.43. The zero-order valence-electron chi connectivity index (χ0n) is 11.7. The Bertz CT molecular complexity index is 506. The number of hydrogen-bond acceptors (Lipinski definition) is 4. The van der Waals surface area contributed by atoms with Crippen LogP contribution in [0.15, 0.2) is 29.8 Å². The molecule has 0 aliphatic heterocycles. The highest BCUT2D eigenvalue weighted by Gasteiger charge is 2.19. The Kier molecular flexibility index (Phi) is 5.90. The SMILES string of the molecule is CC/C(=C\c1cccc(F)c1)C(OC(C)=O)OC(C)=O. The molecule has 0 radical (unpaired) electrons. The number of esters is 2. The summed E-state index contributed by atoms with van der Waals surface area (Å²) in [6.45, 7) is 4.28. The monoisotopic (exact) mass is 280 g/mol. The first-order valence-corrected chi connectivity index (χ1v) is 6.22. The van der Waals surface area contributed by atoms with E-state index in [4.69, 9.17) is 9.47 Å². The number of ether oxygens (including phenoxy) is 2. The van der Waals surface area contributed by atoms with E-state index in [1.165, 1.54) is 26.0 Å². The van der Waals surface area contributed by atoms with Gasteiger partial charge in [0.05, 0.1) is 0 Å². The van der Waals surface area contributed by atoms with Gasteiger partial charge in [-0.25, -0.2) is 4.39 Å². The number of rotatable bonds is 5. The summed E-state index contributed by atoms with van der Waals surface area (Å²) in [6.07, 6.45) is 1.04. The van der Waals surface area contributed by atoms with Crippen LogP contribution < -0.4 is 0 Å². The number of benzene rings is 1. The Morgan fingerprint density at radius 2 is 1.85 bits per heavy atom. The van der Waals surface area contributed by atoms with Gasteiger partial charge in [-0.15, -0.1) is 0 Å². The van der Waals surface area contributed by atoms with Gasteiger partial charge in [0.15, 0.2) is 0 Å². The van der Waals surface area contributed by atoms with Crippen molar-refractivity contribution in [2.45, 2.75) is 33.5 Å². The summed E-state index contributed by atoms with van der Waals surface area (Å²) >= 11 is 0. The first-order chi connectivity index (χ1) is 9.42. The molecule has 1 aromatic carbocycles. The van der Waals surface area contributed by atoms with Gasteiger partial charge in [-0.3, -0.25) is 9.59 Å². The van der Waals surface area contributed by atoms with Gasteiger partial charge < -0.3 is 9.47 Å². The Balaban J connectivity index is 3.04. The predicted molar refractivity (Wildman–Crippen MR) is 72.0 cm³/mol. The average molecular weight is 280 g/mol. The lowest BCUT2D eigenvalue weighted by molar-refractivity contribution is -0.178. The fraction of sp³-hybridized carbons (Fsp3) is 0.333. The molecule has 0 saturated carbocycles. The summed E-state index contributed by atoms with van der Waals surface area (Å²) in [5, 5.41) is 0. The van der Waals surface area contributed by atoms with Crippen molar-refractivity contribution in [3.05, 3.63) is 41.2 Å². The highest BCUT2D eigenvalue weighted by Crippen LogP contribution is 2.18. The second-order valence-electron chi connectivity index (χ2n) is 4.18. The maximum atomic E-state index is 13.1. The third kappa shape index (κ3) is 5.22. The number of hydrogen-bond donors (Lipinski definition) is 0. The highest BCUT2D eigenvalue weighted by molar-refractivity contribution is 5.69. The fourth-order valence-corrected chi connectivity index (χ4v) is 1.62. The van der Waals surface area contributed by atoms with Gasteiger partial charge >= 0.3 is 11.9 Å². The van der Waals surface area contributed by atoms with Crippen molar-refractivity contribution in [2.24, 2.45) is 0 Å². The van der Waals surface area contributed by atoms with Crippen molar-refractivity contribution in [2.75, 3.05) is 0 Å². The minimum atomic E-state index is -1.08. The van der Waals surface area contributed by atoms with Crippen LogP contribution in [0.1, 0.15) is 32.8 Å². The summed E-state index contributed by atoms with van der Waals surface area (Å²) in [6, 6.07) is 5.95. The van der Waals surface area contributed by atoms with Crippen LogP contribution in [0.2, 0.25) is 0 Å². The maximum Gasteiger partial charge on any atom is 0.305 e. The molecule has 0 heterocycles.